The number of benzene rings is 1. The topological polar surface area (TPSA) is 12.0 Å². The largest absolute Gasteiger partial charge is 0.311 e. The summed E-state index contributed by atoms with van der Waals surface area (Å²) < 4.78 is 0. The van der Waals surface area contributed by atoms with Gasteiger partial charge >= 0.3 is 0 Å². The first-order valence-electron chi connectivity index (χ1n) is 9.00. The van der Waals surface area contributed by atoms with E-state index in [-0.39, 0.29) is 0 Å². The van der Waals surface area contributed by atoms with Crippen LogP contribution in [0.3, 0.4) is 0 Å². The highest BCUT2D eigenvalue weighted by Gasteiger charge is 2.39. The molecule has 2 aliphatic rings. The second-order valence-corrected chi connectivity index (χ2v) is 7.62. The van der Waals surface area contributed by atoms with Crippen molar-refractivity contribution in [1.82, 2.24) is 5.32 Å². The number of fused-ring (bicyclic) bond motifs is 3. The fourth-order valence-corrected chi connectivity index (χ4v) is 4.59. The van der Waals surface area contributed by atoms with E-state index >= 15 is 0 Å². The molecule has 1 N–H and O–H groups in total. The Morgan fingerprint density at radius 3 is 2.14 bits per heavy atom. The van der Waals surface area contributed by atoms with E-state index in [1.165, 1.54) is 38.5 Å². The van der Waals surface area contributed by atoms with Crippen molar-refractivity contribution in [3.63, 3.8) is 0 Å². The first-order chi connectivity index (χ1) is 10.2. The van der Waals surface area contributed by atoms with E-state index in [0.29, 0.717) is 6.04 Å². The minimum Gasteiger partial charge on any atom is -0.311 e. The highest BCUT2D eigenvalue weighted by molar-refractivity contribution is 5.30. The SMILES string of the molecule is CCC(C)CC(C)NC1C2CCC1Cc1ccccc1C2. The molecule has 116 valence electrons. The molecule has 1 heteroatoms. The third-order valence-corrected chi connectivity index (χ3v) is 5.94. The number of nitrogens with one attached hydrogen (secondary N) is 1. The monoisotopic (exact) mass is 285 g/mol. The van der Waals surface area contributed by atoms with Crippen LogP contribution in [0.15, 0.2) is 24.3 Å². The Hall–Kier alpha value is -0.820. The van der Waals surface area contributed by atoms with Crippen LogP contribution in [0.4, 0.5) is 0 Å². The molecule has 0 saturated heterocycles. The van der Waals surface area contributed by atoms with Crippen LogP contribution in [0.1, 0.15) is 57.6 Å². The molecule has 0 aromatic heterocycles. The molecule has 2 bridgehead atoms. The van der Waals surface area contributed by atoms with E-state index in [4.69, 9.17) is 0 Å². The molecule has 2 aliphatic carbocycles. The Labute approximate surface area is 130 Å². The Bertz CT molecular complexity index is 434. The molecule has 1 saturated carbocycles. The van der Waals surface area contributed by atoms with Gasteiger partial charge in [0, 0.05) is 12.1 Å². The standard InChI is InChI=1S/C20H31N/c1-4-14(2)11-15(3)21-20-18-9-10-19(20)13-17-8-6-5-7-16(17)12-18/h5-8,14-15,18-21H,4,9-13H2,1-3H3. The molecule has 0 radical (unpaired) electrons. The van der Waals surface area contributed by atoms with Crippen LogP contribution in [-0.2, 0) is 12.8 Å². The summed E-state index contributed by atoms with van der Waals surface area (Å²) >= 11 is 0. The van der Waals surface area contributed by atoms with E-state index in [1.807, 2.05) is 0 Å². The maximum atomic E-state index is 4.02. The molecular weight excluding hydrogens is 254 g/mol. The Kier molecular flexibility index (Phi) is 4.69. The van der Waals surface area contributed by atoms with Crippen LogP contribution >= 0.6 is 0 Å². The van der Waals surface area contributed by atoms with Gasteiger partial charge in [0.1, 0.15) is 0 Å². The predicted octanol–water partition coefficient (Wildman–Crippen LogP) is 4.59. The molecule has 1 nitrogen and oxygen atoms in total. The van der Waals surface area contributed by atoms with Crippen LogP contribution in [0, 0.1) is 17.8 Å². The molecule has 1 fully saturated rings. The third kappa shape index (κ3) is 3.34. The zero-order valence-corrected chi connectivity index (χ0v) is 13.9. The summed E-state index contributed by atoms with van der Waals surface area (Å²) in [7, 11) is 0. The summed E-state index contributed by atoms with van der Waals surface area (Å²) in [5, 5.41) is 4.02. The van der Waals surface area contributed by atoms with Gasteiger partial charge in [-0.25, -0.2) is 0 Å². The number of hydrogen-bond acceptors (Lipinski definition) is 1. The van der Waals surface area contributed by atoms with Gasteiger partial charge in [0.05, 0.1) is 0 Å². The summed E-state index contributed by atoms with van der Waals surface area (Å²) in [6.07, 6.45) is 8.05. The average molecular weight is 285 g/mol. The molecule has 4 atom stereocenters. The highest BCUT2D eigenvalue weighted by atomic mass is 15.0. The van der Waals surface area contributed by atoms with Crippen LogP contribution in [0.25, 0.3) is 0 Å². The van der Waals surface area contributed by atoms with E-state index in [1.54, 1.807) is 11.1 Å². The summed E-state index contributed by atoms with van der Waals surface area (Å²) in [6.45, 7) is 7.09. The zero-order chi connectivity index (χ0) is 14.8. The summed E-state index contributed by atoms with van der Waals surface area (Å²) in [5.41, 5.74) is 3.23. The van der Waals surface area contributed by atoms with Gasteiger partial charge in [-0.2, -0.15) is 0 Å². The number of hydrogen-bond donors (Lipinski definition) is 1. The van der Waals surface area contributed by atoms with Crippen LogP contribution in [0.2, 0.25) is 0 Å². The Morgan fingerprint density at radius 2 is 1.62 bits per heavy atom. The number of rotatable bonds is 5. The van der Waals surface area contributed by atoms with Gasteiger partial charge in [-0.1, -0.05) is 44.5 Å². The summed E-state index contributed by atoms with van der Waals surface area (Å²) in [4.78, 5) is 0. The van der Waals surface area contributed by atoms with Crippen molar-refractivity contribution in [3.05, 3.63) is 35.4 Å². The van der Waals surface area contributed by atoms with Crippen LogP contribution in [-0.4, -0.2) is 12.1 Å². The zero-order valence-electron chi connectivity index (χ0n) is 13.9. The summed E-state index contributed by atoms with van der Waals surface area (Å²) in [6, 6.07) is 10.5. The molecule has 0 aliphatic heterocycles. The fourth-order valence-electron chi connectivity index (χ4n) is 4.59. The normalized spacial score (nSPS) is 30.5. The van der Waals surface area contributed by atoms with Gasteiger partial charge in [-0.15, -0.1) is 0 Å². The van der Waals surface area contributed by atoms with E-state index in [0.717, 1.165) is 23.8 Å². The maximum absolute atomic E-state index is 4.02. The minimum atomic E-state index is 0.661. The van der Waals surface area contributed by atoms with Crippen LogP contribution < -0.4 is 5.32 Å². The molecule has 1 aromatic rings. The molecule has 0 heterocycles. The lowest BCUT2D eigenvalue weighted by molar-refractivity contribution is 0.289. The second-order valence-electron chi connectivity index (χ2n) is 7.62. The quantitative estimate of drug-likeness (QED) is 0.834. The smallest absolute Gasteiger partial charge is 0.0132 e. The van der Waals surface area contributed by atoms with Crippen molar-refractivity contribution < 1.29 is 0 Å². The average Bonchev–Trinajstić information content (AvgIpc) is 2.74. The van der Waals surface area contributed by atoms with E-state index in [9.17, 15) is 0 Å². The summed E-state index contributed by atoms with van der Waals surface area (Å²) in [5.74, 6) is 2.56. The minimum absolute atomic E-state index is 0.661. The van der Waals surface area contributed by atoms with E-state index < -0.39 is 0 Å². The Morgan fingerprint density at radius 1 is 1.05 bits per heavy atom. The lowest BCUT2D eigenvalue weighted by Crippen LogP contribution is -2.43. The Balaban J connectivity index is 1.68. The van der Waals surface area contributed by atoms with Gasteiger partial charge in [-0.3, -0.25) is 0 Å². The highest BCUT2D eigenvalue weighted by Crippen LogP contribution is 2.40. The van der Waals surface area contributed by atoms with Crippen molar-refractivity contribution in [1.29, 1.82) is 0 Å². The van der Waals surface area contributed by atoms with Gasteiger partial charge in [-0.05, 0) is 67.9 Å². The van der Waals surface area contributed by atoms with Gasteiger partial charge in [0.2, 0.25) is 0 Å². The lowest BCUT2D eigenvalue weighted by Gasteiger charge is -2.29. The maximum Gasteiger partial charge on any atom is 0.0132 e. The lowest BCUT2D eigenvalue weighted by atomic mass is 9.92. The molecule has 3 rings (SSSR count). The van der Waals surface area contributed by atoms with Gasteiger partial charge in [0.15, 0.2) is 0 Å². The molecule has 1 aromatic carbocycles. The third-order valence-electron chi connectivity index (χ3n) is 5.94. The van der Waals surface area contributed by atoms with Gasteiger partial charge < -0.3 is 5.32 Å². The van der Waals surface area contributed by atoms with Crippen molar-refractivity contribution in [3.8, 4) is 0 Å². The van der Waals surface area contributed by atoms with E-state index in [2.05, 4.69) is 50.4 Å². The first-order valence-corrected chi connectivity index (χ1v) is 9.00. The molecule has 0 amide bonds. The van der Waals surface area contributed by atoms with Crippen molar-refractivity contribution in [2.75, 3.05) is 0 Å². The fraction of sp³-hybridized carbons (Fsp3) is 0.700. The molecule has 0 spiro atoms. The van der Waals surface area contributed by atoms with Crippen LogP contribution in [0.5, 0.6) is 0 Å². The first kappa shape index (κ1) is 15.1. The van der Waals surface area contributed by atoms with Crippen molar-refractivity contribution in [2.45, 2.75) is 71.4 Å². The van der Waals surface area contributed by atoms with Crippen molar-refractivity contribution in [2.24, 2.45) is 17.8 Å². The van der Waals surface area contributed by atoms with Gasteiger partial charge in [0.25, 0.3) is 0 Å². The molecular formula is C20H31N. The predicted molar refractivity (Wildman–Crippen MR) is 90.5 cm³/mol. The second kappa shape index (κ2) is 6.52. The molecule has 4 unspecified atom stereocenters. The molecule has 21 heavy (non-hydrogen) atoms. The van der Waals surface area contributed by atoms with Crippen molar-refractivity contribution >= 4 is 0 Å².